The van der Waals surface area contributed by atoms with Gasteiger partial charge in [0.2, 0.25) is 11.9 Å². The first-order valence-electron chi connectivity index (χ1n) is 8.90. The smallest absolute Gasteiger partial charge is 0.305 e. The van der Waals surface area contributed by atoms with Crippen LogP contribution in [0.25, 0.3) is 0 Å². The molecule has 0 saturated heterocycles. The van der Waals surface area contributed by atoms with E-state index in [9.17, 15) is 9.59 Å². The second-order valence-corrected chi connectivity index (χ2v) is 5.83. The van der Waals surface area contributed by atoms with Gasteiger partial charge in [-0.3, -0.25) is 9.59 Å². The zero-order chi connectivity index (χ0) is 20.7. The Kier molecular flexibility index (Phi) is 7.20. The lowest BCUT2D eigenvalue weighted by molar-refractivity contribution is -0.641. The highest BCUT2D eigenvalue weighted by atomic mass is 16.5. The van der Waals surface area contributed by atoms with Crippen LogP contribution in [0.15, 0.2) is 36.7 Å². The number of amides is 2. The molecule has 1 heterocycles. The van der Waals surface area contributed by atoms with Gasteiger partial charge in [-0.25, -0.2) is 0 Å². The number of rotatable bonds is 8. The predicted octanol–water partition coefficient (Wildman–Crippen LogP) is 1.87. The maximum atomic E-state index is 12.7. The molecule has 150 valence electrons. The molecule has 0 unspecified atom stereocenters. The Morgan fingerprint density at radius 3 is 2.11 bits per heavy atom. The second-order valence-electron chi connectivity index (χ2n) is 5.83. The molecule has 2 rings (SSSR count). The number of carbonyl (C=O) groups is 2. The van der Waals surface area contributed by atoms with Gasteiger partial charge in [-0.1, -0.05) is 4.68 Å². The lowest BCUT2D eigenvalue weighted by Gasteiger charge is -2.17. The molecule has 8 nitrogen and oxygen atoms in total. The van der Waals surface area contributed by atoms with Gasteiger partial charge in [0.05, 0.1) is 26.9 Å². The van der Waals surface area contributed by atoms with Gasteiger partial charge >= 0.3 is 5.91 Å². The summed E-state index contributed by atoms with van der Waals surface area (Å²) in [6.07, 6.45) is 3.23. The summed E-state index contributed by atoms with van der Waals surface area (Å²) in [5.74, 6) is 0.670. The molecule has 2 amide bonds. The van der Waals surface area contributed by atoms with Crippen LogP contribution in [0, 0.1) is 0 Å². The highest BCUT2D eigenvalue weighted by Crippen LogP contribution is 2.38. The summed E-state index contributed by atoms with van der Waals surface area (Å²) >= 11 is 0. The highest BCUT2D eigenvalue weighted by molar-refractivity contribution is 6.00. The van der Waals surface area contributed by atoms with Crippen molar-refractivity contribution in [3.63, 3.8) is 0 Å². The molecule has 1 aromatic carbocycles. The standard InChI is InChI=1S/C20H25N3O5/c1-6-22(7-2)20(25)14-9-8-10-23(13-14)21-19(24)15-11-16(26-3)18(28-5)17(12-15)27-4/h8-13H,6-7H2,1-5H3/p+1. The van der Waals surface area contributed by atoms with Crippen molar-refractivity contribution >= 4 is 11.8 Å². The Hall–Kier alpha value is -3.29. The molecule has 2 aromatic rings. The summed E-state index contributed by atoms with van der Waals surface area (Å²) in [7, 11) is 4.46. The summed E-state index contributed by atoms with van der Waals surface area (Å²) in [5, 5.41) is 0. The average Bonchev–Trinajstić information content (AvgIpc) is 2.73. The van der Waals surface area contributed by atoms with E-state index in [1.807, 2.05) is 13.8 Å². The van der Waals surface area contributed by atoms with Crippen LogP contribution in [0.2, 0.25) is 0 Å². The number of nitrogens with one attached hydrogen (secondary N) is 1. The number of hydrogen-bond acceptors (Lipinski definition) is 5. The fourth-order valence-corrected chi connectivity index (χ4v) is 2.76. The number of carbonyl (C=O) groups excluding carboxylic acids is 2. The van der Waals surface area contributed by atoms with E-state index in [0.29, 0.717) is 41.5 Å². The number of hydrogen-bond donors (Lipinski definition) is 1. The minimum Gasteiger partial charge on any atom is -0.493 e. The molecule has 0 radical (unpaired) electrons. The summed E-state index contributed by atoms with van der Waals surface area (Å²) in [4.78, 5) is 26.9. The van der Waals surface area contributed by atoms with Gasteiger partial charge in [0.25, 0.3) is 5.91 Å². The van der Waals surface area contributed by atoms with Crippen molar-refractivity contribution in [3.05, 3.63) is 47.8 Å². The number of pyridine rings is 1. The van der Waals surface area contributed by atoms with Gasteiger partial charge < -0.3 is 19.1 Å². The summed E-state index contributed by atoms with van der Waals surface area (Å²) in [6, 6.07) is 6.53. The van der Waals surface area contributed by atoms with Crippen molar-refractivity contribution in [1.29, 1.82) is 0 Å². The Balaban J connectivity index is 2.28. The topological polar surface area (TPSA) is 81.0 Å². The van der Waals surface area contributed by atoms with Gasteiger partial charge in [0.1, 0.15) is 5.56 Å². The molecule has 0 spiro atoms. The third-order valence-corrected chi connectivity index (χ3v) is 4.26. The predicted molar refractivity (Wildman–Crippen MR) is 104 cm³/mol. The van der Waals surface area contributed by atoms with Gasteiger partial charge in [-0.05, 0) is 32.0 Å². The third kappa shape index (κ3) is 4.51. The summed E-state index contributed by atoms with van der Waals surface area (Å²) < 4.78 is 17.3. The van der Waals surface area contributed by atoms with Crippen LogP contribution in [0.4, 0.5) is 0 Å². The van der Waals surface area contributed by atoms with E-state index in [4.69, 9.17) is 14.2 Å². The Morgan fingerprint density at radius 1 is 1.00 bits per heavy atom. The quantitative estimate of drug-likeness (QED) is 0.698. The molecular weight excluding hydrogens is 362 g/mol. The van der Waals surface area contributed by atoms with Crippen LogP contribution >= 0.6 is 0 Å². The second kappa shape index (κ2) is 9.59. The van der Waals surface area contributed by atoms with Gasteiger partial charge in [-0.15, -0.1) is 5.43 Å². The fourth-order valence-electron chi connectivity index (χ4n) is 2.76. The van der Waals surface area contributed by atoms with E-state index >= 15 is 0 Å². The van der Waals surface area contributed by atoms with Crippen molar-refractivity contribution in [1.82, 2.24) is 4.90 Å². The van der Waals surface area contributed by atoms with Crippen molar-refractivity contribution in [2.75, 3.05) is 39.8 Å². The van der Waals surface area contributed by atoms with E-state index in [2.05, 4.69) is 5.43 Å². The Labute approximate surface area is 164 Å². The SMILES string of the molecule is CCN(CC)C(=O)c1ccc[n+](NC(=O)c2cc(OC)c(OC)c(OC)c2)c1. The van der Waals surface area contributed by atoms with Gasteiger partial charge in [-0.2, -0.15) is 0 Å². The van der Waals surface area contributed by atoms with Crippen LogP contribution in [0.1, 0.15) is 34.6 Å². The van der Waals surface area contributed by atoms with E-state index in [0.717, 1.165) is 0 Å². The third-order valence-electron chi connectivity index (χ3n) is 4.26. The fraction of sp³-hybridized carbons (Fsp3) is 0.350. The van der Waals surface area contributed by atoms with Crippen LogP contribution in [-0.2, 0) is 0 Å². The molecule has 0 aliphatic heterocycles. The van der Waals surface area contributed by atoms with Gasteiger partial charge in [0.15, 0.2) is 17.7 Å². The van der Waals surface area contributed by atoms with Crippen LogP contribution < -0.4 is 24.3 Å². The highest BCUT2D eigenvalue weighted by Gasteiger charge is 2.20. The minimum absolute atomic E-state index is 0.0959. The zero-order valence-electron chi connectivity index (χ0n) is 16.8. The zero-order valence-corrected chi connectivity index (χ0v) is 16.8. The first-order chi connectivity index (χ1) is 13.5. The van der Waals surface area contributed by atoms with Crippen molar-refractivity contribution < 1.29 is 28.5 Å². The number of nitrogens with zero attached hydrogens (tertiary/aromatic N) is 2. The molecule has 0 fully saturated rings. The molecule has 28 heavy (non-hydrogen) atoms. The molecule has 1 N–H and O–H groups in total. The average molecular weight is 388 g/mol. The van der Waals surface area contributed by atoms with Gasteiger partial charge in [0, 0.05) is 19.2 Å². The number of methoxy groups -OCH3 is 3. The Morgan fingerprint density at radius 2 is 1.61 bits per heavy atom. The number of benzene rings is 1. The number of ether oxygens (including phenoxy) is 3. The van der Waals surface area contributed by atoms with Crippen LogP contribution in [-0.4, -0.2) is 51.1 Å². The lowest BCUT2D eigenvalue weighted by Crippen LogP contribution is -2.48. The molecule has 8 heteroatoms. The molecule has 0 saturated carbocycles. The largest absolute Gasteiger partial charge is 0.493 e. The molecular formula is C20H26N3O5+. The molecule has 0 aliphatic rings. The van der Waals surface area contributed by atoms with E-state index in [-0.39, 0.29) is 5.91 Å². The van der Waals surface area contributed by atoms with E-state index in [1.165, 1.54) is 26.0 Å². The molecule has 0 bridgehead atoms. The van der Waals surface area contributed by atoms with Crippen molar-refractivity contribution in [2.45, 2.75) is 13.8 Å². The maximum absolute atomic E-state index is 12.7. The summed E-state index contributed by atoms with van der Waals surface area (Å²) in [5.41, 5.74) is 3.53. The normalized spacial score (nSPS) is 10.2. The molecule has 0 atom stereocenters. The Bertz CT molecular complexity index is 824. The van der Waals surface area contributed by atoms with Crippen LogP contribution in [0.5, 0.6) is 17.2 Å². The van der Waals surface area contributed by atoms with E-state index < -0.39 is 5.91 Å². The van der Waals surface area contributed by atoms with E-state index in [1.54, 1.807) is 41.6 Å². The number of aromatic nitrogens is 1. The molecule has 1 aromatic heterocycles. The van der Waals surface area contributed by atoms with Crippen LogP contribution in [0.3, 0.4) is 0 Å². The van der Waals surface area contributed by atoms with Crippen molar-refractivity contribution in [2.24, 2.45) is 0 Å². The lowest BCUT2D eigenvalue weighted by atomic mass is 10.1. The summed E-state index contributed by atoms with van der Waals surface area (Å²) in [6.45, 7) is 5.07. The maximum Gasteiger partial charge on any atom is 0.305 e. The minimum atomic E-state index is -0.392. The molecule has 0 aliphatic carbocycles. The first-order valence-corrected chi connectivity index (χ1v) is 8.90. The first kappa shape index (κ1) is 21.0. The monoisotopic (exact) mass is 388 g/mol. The van der Waals surface area contributed by atoms with Crippen molar-refractivity contribution in [3.8, 4) is 17.2 Å².